The minimum absolute atomic E-state index is 0.0364. The molecule has 0 aliphatic carbocycles. The molecule has 2 N–H and O–H groups in total. The Hall–Kier alpha value is -3.35. The van der Waals surface area contributed by atoms with Crippen LogP contribution in [-0.2, 0) is 20.2 Å². The monoisotopic (exact) mass is 632 g/mol. The van der Waals surface area contributed by atoms with Crippen LogP contribution >= 0.6 is 7.37 Å². The Labute approximate surface area is 261 Å². The molecule has 0 heterocycles. The summed E-state index contributed by atoms with van der Waals surface area (Å²) in [7, 11) is -7.03. The van der Waals surface area contributed by atoms with Crippen LogP contribution in [0.25, 0.3) is 11.1 Å². The van der Waals surface area contributed by atoms with Gasteiger partial charge in [-0.05, 0) is 70.1 Å². The van der Waals surface area contributed by atoms with E-state index in [9.17, 15) is 23.7 Å². The van der Waals surface area contributed by atoms with E-state index in [4.69, 9.17) is 4.43 Å². The van der Waals surface area contributed by atoms with Crippen molar-refractivity contribution in [2.45, 2.75) is 58.6 Å². The molecule has 2 atom stereocenters. The SMILES string of the molecule is Cc1cc(C)c(CCP(=O)(O)C[C@H](CC(=O)O)O[Si](c2ccccc2)(c2ccccc2)C(C)(C)C)c(-c2ccc(F)cc2)c1. The molecule has 0 fully saturated rings. The summed E-state index contributed by atoms with van der Waals surface area (Å²) < 4.78 is 34.6. The maximum atomic E-state index is 13.9. The van der Waals surface area contributed by atoms with Crippen molar-refractivity contribution in [1.29, 1.82) is 0 Å². The molecule has 0 saturated heterocycles. The number of carboxylic acids is 1. The molecule has 8 heteroatoms. The third-order valence-electron chi connectivity index (χ3n) is 8.14. The van der Waals surface area contributed by atoms with Crippen molar-refractivity contribution < 1.29 is 28.2 Å². The standard InChI is InChI=1S/C36H42FO5PSi/c1-26-22-27(2)33(34(23-26)28-16-18-29(37)19-17-28)20-21-43(40,41)25-30(24-35(38)39)42-44(36(3,4)5,31-12-8-6-9-13-31)32-14-10-7-11-15-32/h6-19,22-23,30H,20-21,24-25H2,1-5H3,(H,38,39)(H,40,41)/t30-/m0/s1. The van der Waals surface area contributed by atoms with E-state index in [1.807, 2.05) is 86.6 Å². The largest absolute Gasteiger partial charge is 0.481 e. The molecule has 0 aliphatic heterocycles. The summed E-state index contributed by atoms with van der Waals surface area (Å²) in [5, 5.41) is 11.4. The van der Waals surface area contributed by atoms with Crippen molar-refractivity contribution in [3.63, 3.8) is 0 Å². The fourth-order valence-corrected chi connectivity index (χ4v) is 12.6. The van der Waals surface area contributed by atoms with Crippen LogP contribution < -0.4 is 10.4 Å². The number of hydrogen-bond acceptors (Lipinski definition) is 3. The van der Waals surface area contributed by atoms with E-state index in [1.165, 1.54) is 12.1 Å². The van der Waals surface area contributed by atoms with Gasteiger partial charge in [0.1, 0.15) is 5.82 Å². The van der Waals surface area contributed by atoms with Crippen LogP contribution in [0.5, 0.6) is 0 Å². The van der Waals surface area contributed by atoms with Crippen molar-refractivity contribution >= 4 is 32.0 Å². The molecule has 0 bridgehead atoms. The van der Waals surface area contributed by atoms with Crippen LogP contribution in [-0.4, -0.2) is 42.7 Å². The number of hydrogen-bond donors (Lipinski definition) is 2. The topological polar surface area (TPSA) is 83.8 Å². The molecule has 0 spiro atoms. The maximum absolute atomic E-state index is 13.9. The molecule has 5 nitrogen and oxygen atoms in total. The lowest BCUT2D eigenvalue weighted by atomic mass is 9.92. The molecular formula is C36H42FO5PSi. The van der Waals surface area contributed by atoms with E-state index in [2.05, 4.69) is 20.8 Å². The zero-order valence-electron chi connectivity index (χ0n) is 26.1. The van der Waals surface area contributed by atoms with Crippen molar-refractivity contribution in [2.24, 2.45) is 0 Å². The summed E-state index contributed by atoms with van der Waals surface area (Å²) in [6.45, 7) is 10.2. The summed E-state index contributed by atoms with van der Waals surface area (Å²) in [4.78, 5) is 23.5. The van der Waals surface area contributed by atoms with Crippen LogP contribution in [0.4, 0.5) is 4.39 Å². The molecule has 0 saturated carbocycles. The molecule has 0 aromatic heterocycles. The van der Waals surface area contributed by atoms with Gasteiger partial charge in [0.15, 0.2) is 0 Å². The van der Waals surface area contributed by atoms with Gasteiger partial charge in [-0.25, -0.2) is 4.39 Å². The summed E-state index contributed by atoms with van der Waals surface area (Å²) in [6.07, 6.45) is -1.37. The Morgan fingerprint density at radius 3 is 1.95 bits per heavy atom. The molecule has 4 rings (SSSR count). The Morgan fingerprint density at radius 1 is 0.909 bits per heavy atom. The van der Waals surface area contributed by atoms with Gasteiger partial charge in [0, 0.05) is 6.16 Å². The van der Waals surface area contributed by atoms with Gasteiger partial charge in [-0.1, -0.05) is 111 Å². The van der Waals surface area contributed by atoms with Gasteiger partial charge >= 0.3 is 5.97 Å². The first kappa shape index (κ1) is 33.5. The minimum atomic E-state index is -3.87. The van der Waals surface area contributed by atoms with Gasteiger partial charge in [0.25, 0.3) is 8.32 Å². The summed E-state index contributed by atoms with van der Waals surface area (Å²) in [5.41, 5.74) is 4.67. The smallest absolute Gasteiger partial charge is 0.305 e. The van der Waals surface area contributed by atoms with Crippen LogP contribution in [0.15, 0.2) is 97.1 Å². The minimum Gasteiger partial charge on any atom is -0.481 e. The average molecular weight is 633 g/mol. The molecular weight excluding hydrogens is 590 g/mol. The number of carboxylic acid groups (broad SMARTS) is 1. The fourth-order valence-electron chi connectivity index (χ4n) is 6.19. The molecule has 44 heavy (non-hydrogen) atoms. The number of halogens is 1. The molecule has 4 aromatic rings. The van der Waals surface area contributed by atoms with Crippen molar-refractivity contribution in [1.82, 2.24) is 0 Å². The summed E-state index contributed by atoms with van der Waals surface area (Å²) >= 11 is 0. The number of aliphatic carboxylic acids is 1. The van der Waals surface area contributed by atoms with Crippen LogP contribution in [0.1, 0.15) is 43.9 Å². The van der Waals surface area contributed by atoms with Crippen LogP contribution in [0, 0.1) is 19.7 Å². The predicted octanol–water partition coefficient (Wildman–Crippen LogP) is 7.34. The predicted molar refractivity (Wildman–Crippen MR) is 179 cm³/mol. The van der Waals surface area contributed by atoms with Gasteiger partial charge in [-0.3, -0.25) is 9.36 Å². The highest BCUT2D eigenvalue weighted by atomic mass is 31.2. The van der Waals surface area contributed by atoms with Gasteiger partial charge in [0.2, 0.25) is 7.37 Å². The number of carbonyl (C=O) groups is 1. The summed E-state index contributed by atoms with van der Waals surface area (Å²) in [5.74, 6) is -1.41. The van der Waals surface area contributed by atoms with Gasteiger partial charge in [0.05, 0.1) is 18.7 Å². The zero-order chi connectivity index (χ0) is 32.1. The van der Waals surface area contributed by atoms with E-state index in [-0.39, 0.29) is 24.6 Å². The quantitative estimate of drug-likeness (QED) is 0.126. The molecule has 0 aliphatic rings. The lowest BCUT2D eigenvalue weighted by Crippen LogP contribution is -2.68. The molecule has 232 valence electrons. The number of aryl methyl sites for hydroxylation is 2. The van der Waals surface area contributed by atoms with Crippen molar-refractivity contribution in [2.75, 3.05) is 12.3 Å². The highest BCUT2D eigenvalue weighted by molar-refractivity contribution is 7.58. The number of rotatable bonds is 12. The van der Waals surface area contributed by atoms with Crippen molar-refractivity contribution in [3.05, 3.63) is 120 Å². The highest BCUT2D eigenvalue weighted by Crippen LogP contribution is 2.46. The van der Waals surface area contributed by atoms with E-state index >= 15 is 0 Å². The third-order valence-corrected chi connectivity index (χ3v) is 15.1. The molecule has 0 amide bonds. The second-order valence-electron chi connectivity index (χ2n) is 12.6. The van der Waals surface area contributed by atoms with E-state index in [1.54, 1.807) is 12.1 Å². The average Bonchev–Trinajstić information content (AvgIpc) is 2.95. The maximum Gasteiger partial charge on any atom is 0.305 e. The lowest BCUT2D eigenvalue weighted by Gasteiger charge is -2.45. The normalized spacial score (nSPS) is 14.2. The first-order valence-corrected chi connectivity index (χ1v) is 18.8. The van der Waals surface area contributed by atoms with Gasteiger partial charge in [-0.15, -0.1) is 0 Å². The molecule has 0 radical (unpaired) electrons. The first-order valence-electron chi connectivity index (χ1n) is 14.9. The van der Waals surface area contributed by atoms with E-state index in [0.29, 0.717) is 6.42 Å². The van der Waals surface area contributed by atoms with Gasteiger partial charge < -0.3 is 14.4 Å². The second-order valence-corrected chi connectivity index (χ2v) is 19.4. The lowest BCUT2D eigenvalue weighted by molar-refractivity contribution is -0.138. The van der Waals surface area contributed by atoms with Crippen LogP contribution in [0.2, 0.25) is 5.04 Å². The van der Waals surface area contributed by atoms with E-state index in [0.717, 1.165) is 38.2 Å². The second kappa shape index (κ2) is 13.7. The Balaban J connectivity index is 1.69. The number of benzene rings is 4. The molecule has 4 aromatic carbocycles. The van der Waals surface area contributed by atoms with Crippen molar-refractivity contribution in [3.8, 4) is 11.1 Å². The zero-order valence-corrected chi connectivity index (χ0v) is 28.0. The highest BCUT2D eigenvalue weighted by Gasteiger charge is 2.52. The van der Waals surface area contributed by atoms with E-state index < -0.39 is 32.8 Å². The van der Waals surface area contributed by atoms with Crippen LogP contribution in [0.3, 0.4) is 0 Å². The van der Waals surface area contributed by atoms with Gasteiger partial charge in [-0.2, -0.15) is 0 Å². The fraction of sp³-hybridized carbons (Fsp3) is 0.306. The third kappa shape index (κ3) is 7.83. The summed E-state index contributed by atoms with van der Waals surface area (Å²) in [6, 6.07) is 30.0. The molecule has 1 unspecified atom stereocenters. The Kier molecular flexibility index (Phi) is 10.5. The first-order chi connectivity index (χ1) is 20.7. The Bertz CT molecular complexity index is 1580. The Morgan fingerprint density at radius 2 is 1.45 bits per heavy atom.